The molecule has 2 N–H and O–H groups in total. The lowest BCUT2D eigenvalue weighted by atomic mass is 10.0. The number of nitrogens with zero attached hydrogens (tertiary/aromatic N) is 1. The molecule has 0 aliphatic heterocycles. The number of amides is 1. The van der Waals surface area contributed by atoms with Crippen LogP contribution in [0, 0.1) is 0 Å². The van der Waals surface area contributed by atoms with Crippen LogP contribution in [0.3, 0.4) is 0 Å². The Morgan fingerprint density at radius 3 is 2.09 bits per heavy atom. The van der Waals surface area contributed by atoms with Crippen molar-refractivity contribution in [1.82, 2.24) is 15.3 Å². The summed E-state index contributed by atoms with van der Waals surface area (Å²) in [6.45, 7) is 0.537. The number of aromatic nitrogens is 2. The van der Waals surface area contributed by atoms with Crippen LogP contribution in [0.1, 0.15) is 10.4 Å². The predicted molar refractivity (Wildman–Crippen MR) is 132 cm³/mol. The van der Waals surface area contributed by atoms with E-state index in [0.717, 1.165) is 39.2 Å². The minimum Gasteiger partial charge on any atom is -0.497 e. The van der Waals surface area contributed by atoms with Crippen LogP contribution in [-0.4, -0.2) is 42.4 Å². The minimum absolute atomic E-state index is 0.0755. The summed E-state index contributed by atoms with van der Waals surface area (Å²) in [5.74, 6) is 2.21. The summed E-state index contributed by atoms with van der Waals surface area (Å²) in [6, 6.07) is 24.9. The van der Waals surface area contributed by atoms with Crippen LogP contribution in [0.2, 0.25) is 0 Å². The van der Waals surface area contributed by atoms with Gasteiger partial charge >= 0.3 is 0 Å². The summed E-state index contributed by atoms with van der Waals surface area (Å²) in [5.41, 5.74) is 4.45. The van der Waals surface area contributed by atoms with E-state index in [-0.39, 0.29) is 5.91 Å². The molecule has 0 spiro atoms. The molecular weight excluding hydrogens is 434 g/mol. The normalized spacial score (nSPS) is 10.6. The van der Waals surface area contributed by atoms with E-state index in [2.05, 4.69) is 10.3 Å². The second-order valence-corrected chi connectivity index (χ2v) is 8.28. The van der Waals surface area contributed by atoms with Gasteiger partial charge in [-0.25, -0.2) is 4.98 Å². The highest BCUT2D eigenvalue weighted by molar-refractivity contribution is 7.99. The molecule has 168 valence electrons. The number of ether oxygens (including phenoxy) is 2. The number of hydrogen-bond donors (Lipinski definition) is 2. The largest absolute Gasteiger partial charge is 0.497 e. The van der Waals surface area contributed by atoms with Crippen molar-refractivity contribution in [2.45, 2.75) is 5.16 Å². The maximum Gasteiger partial charge on any atom is 0.251 e. The Labute approximate surface area is 197 Å². The zero-order valence-corrected chi connectivity index (χ0v) is 19.3. The van der Waals surface area contributed by atoms with Crippen LogP contribution in [0.15, 0.2) is 84.0 Å². The molecule has 33 heavy (non-hydrogen) atoms. The standard InChI is InChI=1S/C26H25N3O3S/c1-31-21-12-8-18(9-13-21)23-24(19-10-14-22(32-2)15-11-19)29-26(28-23)33-17-16-27-25(30)20-6-4-3-5-7-20/h3-15H,16-17H2,1-2H3,(H,27,30)(H,28,29). The van der Waals surface area contributed by atoms with Crippen molar-refractivity contribution in [2.75, 3.05) is 26.5 Å². The van der Waals surface area contributed by atoms with E-state index in [9.17, 15) is 4.79 Å². The van der Waals surface area contributed by atoms with Crippen molar-refractivity contribution in [3.63, 3.8) is 0 Å². The molecule has 4 rings (SSSR count). The lowest BCUT2D eigenvalue weighted by molar-refractivity contribution is 0.0956. The number of rotatable bonds is 9. The van der Waals surface area contributed by atoms with Gasteiger partial charge in [0.2, 0.25) is 0 Å². The minimum atomic E-state index is -0.0755. The highest BCUT2D eigenvalue weighted by atomic mass is 32.2. The maximum atomic E-state index is 12.2. The van der Waals surface area contributed by atoms with Crippen molar-refractivity contribution >= 4 is 17.7 Å². The Balaban J connectivity index is 1.50. The highest BCUT2D eigenvalue weighted by Gasteiger charge is 2.15. The third kappa shape index (κ3) is 5.56. The van der Waals surface area contributed by atoms with Crippen LogP contribution < -0.4 is 14.8 Å². The number of aromatic amines is 1. The summed E-state index contributed by atoms with van der Waals surface area (Å²) >= 11 is 1.57. The van der Waals surface area contributed by atoms with Crippen molar-refractivity contribution < 1.29 is 14.3 Å². The molecular formula is C26H25N3O3S. The molecule has 0 saturated carbocycles. The first-order valence-electron chi connectivity index (χ1n) is 10.5. The van der Waals surface area contributed by atoms with Gasteiger partial charge in [-0.3, -0.25) is 4.79 Å². The van der Waals surface area contributed by atoms with Gasteiger partial charge in [0.15, 0.2) is 5.16 Å². The third-order valence-corrected chi connectivity index (χ3v) is 5.96. The number of carbonyl (C=O) groups is 1. The number of benzene rings is 3. The number of carbonyl (C=O) groups excluding carboxylic acids is 1. The first-order valence-corrected chi connectivity index (χ1v) is 11.5. The third-order valence-electron chi connectivity index (χ3n) is 5.09. The molecule has 1 heterocycles. The molecule has 6 nitrogen and oxygen atoms in total. The molecule has 1 amide bonds. The Morgan fingerprint density at radius 1 is 0.879 bits per heavy atom. The number of methoxy groups -OCH3 is 2. The van der Waals surface area contributed by atoms with Crippen molar-refractivity contribution in [3.8, 4) is 34.0 Å². The fraction of sp³-hybridized carbons (Fsp3) is 0.154. The van der Waals surface area contributed by atoms with Gasteiger partial charge in [-0.1, -0.05) is 30.0 Å². The molecule has 7 heteroatoms. The second-order valence-electron chi connectivity index (χ2n) is 7.19. The average molecular weight is 460 g/mol. The van der Waals surface area contributed by atoms with E-state index in [1.54, 1.807) is 38.1 Å². The van der Waals surface area contributed by atoms with Gasteiger partial charge in [0.05, 0.1) is 25.6 Å². The molecule has 0 aliphatic rings. The topological polar surface area (TPSA) is 76.2 Å². The Bertz CT molecular complexity index is 1120. The fourth-order valence-electron chi connectivity index (χ4n) is 3.35. The fourth-order valence-corrected chi connectivity index (χ4v) is 4.08. The number of hydrogen-bond acceptors (Lipinski definition) is 5. The van der Waals surface area contributed by atoms with Crippen LogP contribution in [0.25, 0.3) is 22.5 Å². The molecule has 3 aromatic carbocycles. The second kappa shape index (κ2) is 10.7. The zero-order valence-electron chi connectivity index (χ0n) is 18.5. The maximum absolute atomic E-state index is 12.2. The molecule has 0 radical (unpaired) electrons. The van der Waals surface area contributed by atoms with Crippen LogP contribution in [0.4, 0.5) is 0 Å². The zero-order chi connectivity index (χ0) is 23.0. The van der Waals surface area contributed by atoms with Crippen molar-refractivity contribution in [3.05, 3.63) is 84.4 Å². The van der Waals surface area contributed by atoms with Gasteiger partial charge < -0.3 is 19.8 Å². The van der Waals surface area contributed by atoms with E-state index in [1.807, 2.05) is 66.7 Å². The van der Waals surface area contributed by atoms with E-state index >= 15 is 0 Å². The van der Waals surface area contributed by atoms with E-state index < -0.39 is 0 Å². The highest BCUT2D eigenvalue weighted by Crippen LogP contribution is 2.34. The molecule has 0 aliphatic carbocycles. The van der Waals surface area contributed by atoms with Crippen LogP contribution in [-0.2, 0) is 0 Å². The van der Waals surface area contributed by atoms with Crippen LogP contribution >= 0.6 is 11.8 Å². The molecule has 1 aromatic heterocycles. The lowest BCUT2D eigenvalue weighted by Crippen LogP contribution is -2.25. The first-order chi connectivity index (χ1) is 16.2. The molecule has 0 atom stereocenters. The number of H-pyrrole nitrogens is 1. The summed E-state index contributed by atoms with van der Waals surface area (Å²) in [5, 5.41) is 3.74. The van der Waals surface area contributed by atoms with E-state index in [4.69, 9.17) is 14.5 Å². The monoisotopic (exact) mass is 459 g/mol. The summed E-state index contributed by atoms with van der Waals surface area (Å²) in [6.07, 6.45) is 0. The van der Waals surface area contributed by atoms with E-state index in [0.29, 0.717) is 17.9 Å². The van der Waals surface area contributed by atoms with Gasteiger partial charge in [-0.05, 0) is 60.7 Å². The first kappa shape index (κ1) is 22.5. The van der Waals surface area contributed by atoms with Gasteiger partial charge in [0.25, 0.3) is 5.91 Å². The molecule has 0 fully saturated rings. The van der Waals surface area contributed by atoms with Gasteiger partial charge in [-0.15, -0.1) is 0 Å². The molecule has 4 aromatic rings. The Morgan fingerprint density at radius 2 is 1.48 bits per heavy atom. The predicted octanol–water partition coefficient (Wildman–Crippen LogP) is 5.28. The molecule has 0 unspecified atom stereocenters. The lowest BCUT2D eigenvalue weighted by Gasteiger charge is -2.06. The number of imidazole rings is 1. The SMILES string of the molecule is COc1ccc(-c2nc(SCCNC(=O)c3ccccc3)[nH]c2-c2ccc(OC)cc2)cc1. The number of thioether (sulfide) groups is 1. The summed E-state index contributed by atoms with van der Waals surface area (Å²) < 4.78 is 10.6. The van der Waals surface area contributed by atoms with E-state index in [1.165, 1.54) is 0 Å². The number of nitrogens with one attached hydrogen (secondary N) is 2. The molecule has 0 saturated heterocycles. The van der Waals surface area contributed by atoms with Crippen LogP contribution in [0.5, 0.6) is 11.5 Å². The quantitative estimate of drug-likeness (QED) is 0.263. The Hall–Kier alpha value is -3.71. The average Bonchev–Trinajstić information content (AvgIpc) is 3.31. The Kier molecular flexibility index (Phi) is 7.32. The van der Waals surface area contributed by atoms with Crippen molar-refractivity contribution in [2.24, 2.45) is 0 Å². The summed E-state index contributed by atoms with van der Waals surface area (Å²) in [7, 11) is 3.30. The van der Waals surface area contributed by atoms with Gasteiger partial charge in [0, 0.05) is 29.0 Å². The van der Waals surface area contributed by atoms with Gasteiger partial charge in [-0.2, -0.15) is 0 Å². The smallest absolute Gasteiger partial charge is 0.251 e. The van der Waals surface area contributed by atoms with Crippen molar-refractivity contribution in [1.29, 1.82) is 0 Å². The molecule has 0 bridgehead atoms. The summed E-state index contributed by atoms with van der Waals surface area (Å²) in [4.78, 5) is 20.5. The van der Waals surface area contributed by atoms with Gasteiger partial charge in [0.1, 0.15) is 11.5 Å².